The van der Waals surface area contributed by atoms with Crippen LogP contribution in [0.1, 0.15) is 20.3 Å². The number of anilines is 2. The largest absolute Gasteiger partial charge is 0.495 e. The van der Waals surface area contributed by atoms with Crippen LogP contribution in [0.4, 0.5) is 11.4 Å². The Bertz CT molecular complexity index is 416. The molecule has 0 saturated heterocycles. The van der Waals surface area contributed by atoms with E-state index in [4.69, 9.17) is 16.2 Å². The molecule has 0 atom stereocenters. The minimum absolute atomic E-state index is 0.226. The van der Waals surface area contributed by atoms with E-state index in [1.54, 1.807) is 13.2 Å². The molecule has 5 heteroatoms. The van der Waals surface area contributed by atoms with Crippen LogP contribution in [0.25, 0.3) is 0 Å². The number of nitrogens with two attached hydrogens (primary N) is 2. The molecule has 0 aliphatic rings. The van der Waals surface area contributed by atoms with Crippen molar-refractivity contribution in [2.24, 2.45) is 5.73 Å². The number of carbonyl (C=O) groups is 1. The third-order valence-corrected chi connectivity index (χ3v) is 2.38. The van der Waals surface area contributed by atoms with E-state index in [1.807, 2.05) is 26.0 Å². The Kier molecular flexibility index (Phi) is 3.83. The van der Waals surface area contributed by atoms with Gasteiger partial charge < -0.3 is 21.5 Å². The molecule has 0 bridgehead atoms. The number of nitrogen functional groups attached to an aromatic ring is 1. The van der Waals surface area contributed by atoms with Crippen LogP contribution in [-0.4, -0.2) is 18.6 Å². The highest BCUT2D eigenvalue weighted by molar-refractivity contribution is 5.77. The normalized spacial score (nSPS) is 11.0. The predicted molar refractivity (Wildman–Crippen MR) is 68.9 cm³/mol. The lowest BCUT2D eigenvalue weighted by molar-refractivity contribution is -0.118. The number of primary amides is 1. The maximum Gasteiger partial charge on any atom is 0.219 e. The summed E-state index contributed by atoms with van der Waals surface area (Å²) in [4.78, 5) is 10.9. The zero-order valence-electron chi connectivity index (χ0n) is 10.4. The summed E-state index contributed by atoms with van der Waals surface area (Å²) in [5.74, 6) is 0.244. The van der Waals surface area contributed by atoms with Gasteiger partial charge in [-0.3, -0.25) is 4.79 Å². The van der Waals surface area contributed by atoms with E-state index in [9.17, 15) is 4.79 Å². The molecule has 0 aliphatic heterocycles. The van der Waals surface area contributed by atoms with Crippen LogP contribution in [0.2, 0.25) is 0 Å². The van der Waals surface area contributed by atoms with Gasteiger partial charge in [0.2, 0.25) is 5.91 Å². The summed E-state index contributed by atoms with van der Waals surface area (Å²) < 4.78 is 5.12. The summed E-state index contributed by atoms with van der Waals surface area (Å²) in [7, 11) is 1.56. The zero-order valence-corrected chi connectivity index (χ0v) is 10.4. The van der Waals surface area contributed by atoms with Gasteiger partial charge in [0.15, 0.2) is 0 Å². The molecular weight excluding hydrogens is 218 g/mol. The first-order chi connectivity index (χ1) is 7.85. The topological polar surface area (TPSA) is 90.4 Å². The van der Waals surface area contributed by atoms with Crippen LogP contribution in [0.3, 0.4) is 0 Å². The minimum Gasteiger partial charge on any atom is -0.495 e. The smallest absolute Gasteiger partial charge is 0.219 e. The van der Waals surface area contributed by atoms with Crippen molar-refractivity contribution >= 4 is 17.3 Å². The van der Waals surface area contributed by atoms with Crippen LogP contribution in [0, 0.1) is 0 Å². The molecule has 94 valence electrons. The van der Waals surface area contributed by atoms with Gasteiger partial charge in [0, 0.05) is 12.0 Å². The van der Waals surface area contributed by atoms with Crippen LogP contribution in [0.5, 0.6) is 5.75 Å². The minimum atomic E-state index is -0.452. The van der Waals surface area contributed by atoms with Gasteiger partial charge in [-0.1, -0.05) is 6.07 Å². The highest BCUT2D eigenvalue weighted by atomic mass is 16.5. The highest BCUT2D eigenvalue weighted by Crippen LogP contribution is 2.31. The monoisotopic (exact) mass is 237 g/mol. The van der Waals surface area contributed by atoms with Crippen LogP contribution in [-0.2, 0) is 4.79 Å². The van der Waals surface area contributed by atoms with E-state index in [0.717, 1.165) is 5.69 Å². The molecule has 0 aromatic heterocycles. The maximum atomic E-state index is 10.9. The second kappa shape index (κ2) is 4.95. The molecule has 5 N–H and O–H groups in total. The van der Waals surface area contributed by atoms with Crippen LogP contribution in [0.15, 0.2) is 18.2 Å². The Morgan fingerprint density at radius 2 is 2.12 bits per heavy atom. The Morgan fingerprint density at radius 3 is 2.65 bits per heavy atom. The first-order valence-electron chi connectivity index (χ1n) is 5.34. The molecule has 1 aromatic rings. The van der Waals surface area contributed by atoms with Gasteiger partial charge in [-0.25, -0.2) is 0 Å². The molecule has 17 heavy (non-hydrogen) atoms. The van der Waals surface area contributed by atoms with Crippen molar-refractivity contribution in [2.75, 3.05) is 18.2 Å². The number of benzene rings is 1. The van der Waals surface area contributed by atoms with E-state index in [-0.39, 0.29) is 12.3 Å². The van der Waals surface area contributed by atoms with Crippen molar-refractivity contribution in [3.05, 3.63) is 18.2 Å². The molecule has 0 heterocycles. The summed E-state index contributed by atoms with van der Waals surface area (Å²) in [6.45, 7) is 3.77. The zero-order chi connectivity index (χ0) is 13.1. The summed E-state index contributed by atoms with van der Waals surface area (Å²) in [5, 5.41) is 3.19. The van der Waals surface area contributed by atoms with Crippen LogP contribution >= 0.6 is 0 Å². The lowest BCUT2D eigenvalue weighted by Crippen LogP contribution is -2.36. The third-order valence-electron chi connectivity index (χ3n) is 2.38. The van der Waals surface area contributed by atoms with Crippen molar-refractivity contribution in [2.45, 2.75) is 25.8 Å². The predicted octanol–water partition coefficient (Wildman–Crippen LogP) is 1.34. The van der Waals surface area contributed by atoms with Crippen molar-refractivity contribution in [1.82, 2.24) is 0 Å². The number of hydrogen-bond acceptors (Lipinski definition) is 4. The number of carbonyl (C=O) groups excluding carboxylic acids is 1. The number of para-hydroxylation sites is 1. The van der Waals surface area contributed by atoms with Crippen molar-refractivity contribution in [3.8, 4) is 5.75 Å². The number of amides is 1. The second-order valence-corrected chi connectivity index (χ2v) is 4.57. The fraction of sp³-hybridized carbons (Fsp3) is 0.417. The third kappa shape index (κ3) is 3.55. The van der Waals surface area contributed by atoms with Crippen molar-refractivity contribution in [3.63, 3.8) is 0 Å². The summed E-state index contributed by atoms with van der Waals surface area (Å²) in [6.07, 6.45) is 0.226. The van der Waals surface area contributed by atoms with E-state index >= 15 is 0 Å². The first kappa shape index (κ1) is 13.2. The van der Waals surface area contributed by atoms with Gasteiger partial charge >= 0.3 is 0 Å². The quantitative estimate of drug-likeness (QED) is 0.674. The number of methoxy groups -OCH3 is 1. The SMILES string of the molecule is COc1cccc(NC(C)(C)CC(N)=O)c1N. The van der Waals surface area contributed by atoms with E-state index < -0.39 is 5.54 Å². The molecule has 1 aromatic carbocycles. The fourth-order valence-electron chi connectivity index (χ4n) is 1.68. The average Bonchev–Trinajstić information content (AvgIpc) is 2.19. The Morgan fingerprint density at radius 1 is 1.47 bits per heavy atom. The molecule has 0 fully saturated rings. The molecular formula is C12H19N3O2. The van der Waals surface area contributed by atoms with Crippen LogP contribution < -0.4 is 21.5 Å². The van der Waals surface area contributed by atoms with Gasteiger partial charge in [0.1, 0.15) is 5.75 Å². The molecule has 5 nitrogen and oxygen atoms in total. The highest BCUT2D eigenvalue weighted by Gasteiger charge is 2.21. The van der Waals surface area contributed by atoms with Gasteiger partial charge in [0.25, 0.3) is 0 Å². The van der Waals surface area contributed by atoms with Crippen molar-refractivity contribution < 1.29 is 9.53 Å². The number of nitrogens with one attached hydrogen (secondary N) is 1. The van der Waals surface area contributed by atoms with Crippen molar-refractivity contribution in [1.29, 1.82) is 0 Å². The first-order valence-corrected chi connectivity index (χ1v) is 5.34. The summed E-state index contributed by atoms with van der Waals surface area (Å²) >= 11 is 0. The Labute approximate surface area is 101 Å². The molecule has 0 radical (unpaired) electrons. The molecule has 1 rings (SSSR count). The van der Waals surface area contributed by atoms with Gasteiger partial charge in [-0.15, -0.1) is 0 Å². The van der Waals surface area contributed by atoms with Gasteiger partial charge in [-0.2, -0.15) is 0 Å². The number of ether oxygens (including phenoxy) is 1. The van der Waals surface area contributed by atoms with E-state index in [2.05, 4.69) is 5.32 Å². The lowest BCUT2D eigenvalue weighted by Gasteiger charge is -2.27. The van der Waals surface area contributed by atoms with E-state index in [0.29, 0.717) is 11.4 Å². The molecule has 0 saturated carbocycles. The average molecular weight is 237 g/mol. The second-order valence-electron chi connectivity index (χ2n) is 4.57. The van der Waals surface area contributed by atoms with Gasteiger partial charge in [-0.05, 0) is 26.0 Å². The van der Waals surface area contributed by atoms with Gasteiger partial charge in [0.05, 0.1) is 18.5 Å². The van der Waals surface area contributed by atoms with E-state index in [1.165, 1.54) is 0 Å². The summed E-state index contributed by atoms with van der Waals surface area (Å²) in [5.41, 5.74) is 11.9. The Balaban J connectivity index is 2.91. The molecule has 0 aliphatic carbocycles. The number of hydrogen-bond donors (Lipinski definition) is 3. The fourth-order valence-corrected chi connectivity index (χ4v) is 1.68. The lowest BCUT2D eigenvalue weighted by atomic mass is 9.99. The summed E-state index contributed by atoms with van der Waals surface area (Å²) in [6, 6.07) is 5.44. The maximum absolute atomic E-state index is 10.9. The molecule has 0 spiro atoms. The molecule has 0 unspecified atom stereocenters. The molecule has 1 amide bonds. The standard InChI is InChI=1S/C12H19N3O2/c1-12(2,7-10(13)16)15-8-5-4-6-9(17-3)11(8)14/h4-6,15H,7,14H2,1-3H3,(H2,13,16). The number of rotatable bonds is 5. The Hall–Kier alpha value is -1.91.